The van der Waals surface area contributed by atoms with Gasteiger partial charge < -0.3 is 9.47 Å². The third-order valence-electron chi connectivity index (χ3n) is 9.46. The molecule has 0 radical (unpaired) electrons. The SMILES string of the molecule is C1=Cc2c(c3ccccc3n2-c2ccc(-c3ccc(N(c4cccc5ccccc45)c4cccc5ccccc45)cc3)cc2)CC1. The molecule has 1 aliphatic carbocycles. The highest BCUT2D eigenvalue weighted by Crippen LogP contribution is 2.42. The molecular weight excluding hydrogens is 556 g/mol. The molecule has 46 heavy (non-hydrogen) atoms. The second-order valence-corrected chi connectivity index (χ2v) is 12.1. The molecule has 0 amide bonds. The van der Waals surface area contributed by atoms with Gasteiger partial charge in [0.1, 0.15) is 0 Å². The summed E-state index contributed by atoms with van der Waals surface area (Å²) in [4.78, 5) is 2.41. The van der Waals surface area contributed by atoms with Crippen LogP contribution in [-0.2, 0) is 6.42 Å². The molecule has 218 valence electrons. The van der Waals surface area contributed by atoms with Crippen molar-refractivity contribution in [2.75, 3.05) is 4.90 Å². The molecule has 7 aromatic carbocycles. The molecule has 0 saturated carbocycles. The molecule has 0 atom stereocenters. The Labute approximate surface area is 269 Å². The molecule has 9 rings (SSSR count). The lowest BCUT2D eigenvalue weighted by Crippen LogP contribution is -2.11. The molecule has 1 aromatic heterocycles. The molecule has 2 nitrogen and oxygen atoms in total. The molecule has 0 N–H and O–H groups in total. The molecule has 0 unspecified atom stereocenters. The van der Waals surface area contributed by atoms with Crippen LogP contribution in [-0.4, -0.2) is 4.57 Å². The first-order chi connectivity index (χ1) is 22.8. The second-order valence-electron chi connectivity index (χ2n) is 12.1. The zero-order chi connectivity index (χ0) is 30.5. The fourth-order valence-electron chi connectivity index (χ4n) is 7.29. The highest BCUT2D eigenvalue weighted by atomic mass is 15.1. The molecular formula is C44H32N2. The van der Waals surface area contributed by atoms with Gasteiger partial charge in [0, 0.05) is 33.2 Å². The Morgan fingerprint density at radius 2 is 1.02 bits per heavy atom. The lowest BCUT2D eigenvalue weighted by molar-refractivity contribution is 0.967. The maximum Gasteiger partial charge on any atom is 0.0540 e. The van der Waals surface area contributed by atoms with Crippen molar-refractivity contribution in [2.45, 2.75) is 12.8 Å². The van der Waals surface area contributed by atoms with Crippen LogP contribution in [0, 0.1) is 0 Å². The van der Waals surface area contributed by atoms with Crippen molar-refractivity contribution >= 4 is 55.6 Å². The zero-order valence-corrected chi connectivity index (χ0v) is 25.5. The summed E-state index contributed by atoms with van der Waals surface area (Å²) in [6, 6.07) is 57.3. The minimum absolute atomic E-state index is 1.10. The highest BCUT2D eigenvalue weighted by Gasteiger charge is 2.19. The molecule has 0 aliphatic heterocycles. The first-order valence-corrected chi connectivity index (χ1v) is 16.1. The Balaban J connectivity index is 1.12. The van der Waals surface area contributed by atoms with Gasteiger partial charge in [0.2, 0.25) is 0 Å². The first kappa shape index (κ1) is 26.5. The number of aromatic nitrogens is 1. The maximum absolute atomic E-state index is 2.42. The Kier molecular flexibility index (Phi) is 6.31. The van der Waals surface area contributed by atoms with E-state index in [9.17, 15) is 0 Å². The van der Waals surface area contributed by atoms with Crippen molar-refractivity contribution in [1.82, 2.24) is 4.57 Å². The number of rotatable bonds is 5. The van der Waals surface area contributed by atoms with Crippen molar-refractivity contribution in [2.24, 2.45) is 0 Å². The quantitative estimate of drug-likeness (QED) is 0.194. The fourth-order valence-corrected chi connectivity index (χ4v) is 7.29. The van der Waals surface area contributed by atoms with E-state index in [0.717, 1.165) is 18.5 Å². The normalized spacial score (nSPS) is 12.5. The Morgan fingerprint density at radius 3 is 1.67 bits per heavy atom. The zero-order valence-electron chi connectivity index (χ0n) is 25.5. The van der Waals surface area contributed by atoms with Gasteiger partial charge in [-0.15, -0.1) is 0 Å². The number of hydrogen-bond acceptors (Lipinski definition) is 1. The number of aryl methyl sites for hydroxylation is 1. The summed E-state index contributed by atoms with van der Waals surface area (Å²) < 4.78 is 2.42. The van der Waals surface area contributed by atoms with E-state index in [1.54, 1.807) is 0 Å². The van der Waals surface area contributed by atoms with Crippen molar-refractivity contribution in [3.63, 3.8) is 0 Å². The van der Waals surface area contributed by atoms with Gasteiger partial charge in [-0.1, -0.05) is 121 Å². The maximum atomic E-state index is 2.42. The van der Waals surface area contributed by atoms with Gasteiger partial charge in [0.25, 0.3) is 0 Å². The Bertz CT molecular complexity index is 2320. The smallest absolute Gasteiger partial charge is 0.0540 e. The van der Waals surface area contributed by atoms with Crippen molar-refractivity contribution in [1.29, 1.82) is 0 Å². The second kappa shape index (κ2) is 10.9. The number of hydrogen-bond donors (Lipinski definition) is 0. The summed E-state index contributed by atoms with van der Waals surface area (Å²) in [6.45, 7) is 0. The standard InChI is InChI=1S/C44H32N2/c1-3-15-37-33(11-1)13-9-21-41(37)45(42-22-10-14-34-12-2-4-16-38(34)42)35-27-23-31(24-28-35)32-25-29-36(30-26-32)46-43-19-7-5-17-39(43)40-18-6-8-20-44(40)46/h1-5,7-17,19-30H,6,18H2. The van der Waals surface area contributed by atoms with Gasteiger partial charge in [-0.3, -0.25) is 0 Å². The number of anilines is 3. The summed E-state index contributed by atoms with van der Waals surface area (Å²) in [5.74, 6) is 0. The van der Waals surface area contributed by atoms with E-state index in [2.05, 4.69) is 179 Å². The molecule has 0 bridgehead atoms. The van der Waals surface area contributed by atoms with E-state index in [1.165, 1.54) is 71.9 Å². The van der Waals surface area contributed by atoms with Crippen LogP contribution < -0.4 is 4.90 Å². The Hall–Kier alpha value is -5.86. The lowest BCUT2D eigenvalue weighted by Gasteiger charge is -2.28. The number of allylic oxidation sites excluding steroid dienone is 1. The number of nitrogens with zero attached hydrogens (tertiary/aromatic N) is 2. The summed E-state index contributed by atoms with van der Waals surface area (Å²) in [7, 11) is 0. The highest BCUT2D eigenvalue weighted by molar-refractivity contribution is 6.04. The van der Waals surface area contributed by atoms with Gasteiger partial charge in [0.05, 0.1) is 16.9 Å². The van der Waals surface area contributed by atoms with Gasteiger partial charge in [-0.2, -0.15) is 0 Å². The van der Waals surface area contributed by atoms with Crippen LogP contribution in [0.4, 0.5) is 17.1 Å². The third kappa shape index (κ3) is 4.34. The van der Waals surface area contributed by atoms with Gasteiger partial charge in [-0.05, 0) is 88.8 Å². The molecule has 1 aliphatic rings. The third-order valence-corrected chi connectivity index (χ3v) is 9.46. The van der Waals surface area contributed by atoms with Crippen LogP contribution in [0.5, 0.6) is 0 Å². The van der Waals surface area contributed by atoms with E-state index in [0.29, 0.717) is 0 Å². The van der Waals surface area contributed by atoms with Crippen LogP contribution >= 0.6 is 0 Å². The Morgan fingerprint density at radius 1 is 0.478 bits per heavy atom. The average Bonchev–Trinajstić information content (AvgIpc) is 3.47. The predicted octanol–water partition coefficient (Wildman–Crippen LogP) is 12.0. The van der Waals surface area contributed by atoms with Crippen LogP contribution in [0.3, 0.4) is 0 Å². The van der Waals surface area contributed by atoms with E-state index in [-0.39, 0.29) is 0 Å². The number of fused-ring (bicyclic) bond motifs is 5. The number of para-hydroxylation sites is 1. The molecule has 8 aromatic rings. The van der Waals surface area contributed by atoms with Crippen molar-refractivity contribution in [3.05, 3.63) is 175 Å². The minimum atomic E-state index is 1.10. The van der Waals surface area contributed by atoms with E-state index < -0.39 is 0 Å². The largest absolute Gasteiger partial charge is 0.310 e. The van der Waals surface area contributed by atoms with Crippen LogP contribution in [0.25, 0.3) is 55.3 Å². The molecule has 0 fully saturated rings. The molecule has 1 heterocycles. The van der Waals surface area contributed by atoms with E-state index >= 15 is 0 Å². The van der Waals surface area contributed by atoms with Crippen LogP contribution in [0.15, 0.2) is 164 Å². The predicted molar refractivity (Wildman–Crippen MR) is 196 cm³/mol. The van der Waals surface area contributed by atoms with Gasteiger partial charge >= 0.3 is 0 Å². The lowest BCUT2D eigenvalue weighted by atomic mass is 10.0. The summed E-state index contributed by atoms with van der Waals surface area (Å²) in [5.41, 5.74) is 11.1. The molecule has 2 heteroatoms. The van der Waals surface area contributed by atoms with Crippen LogP contribution in [0.2, 0.25) is 0 Å². The topological polar surface area (TPSA) is 8.17 Å². The minimum Gasteiger partial charge on any atom is -0.310 e. The first-order valence-electron chi connectivity index (χ1n) is 16.1. The van der Waals surface area contributed by atoms with Crippen molar-refractivity contribution in [3.8, 4) is 16.8 Å². The average molecular weight is 589 g/mol. The summed E-state index contributed by atoms with van der Waals surface area (Å²) >= 11 is 0. The summed E-state index contributed by atoms with van der Waals surface area (Å²) in [5, 5.41) is 6.28. The van der Waals surface area contributed by atoms with E-state index in [1.807, 2.05) is 0 Å². The van der Waals surface area contributed by atoms with Gasteiger partial charge in [-0.25, -0.2) is 0 Å². The molecule has 0 spiro atoms. The van der Waals surface area contributed by atoms with Gasteiger partial charge in [0.15, 0.2) is 0 Å². The van der Waals surface area contributed by atoms with Crippen molar-refractivity contribution < 1.29 is 0 Å². The molecule has 0 saturated heterocycles. The fraction of sp³-hybridized carbons (Fsp3) is 0.0455. The summed E-state index contributed by atoms with van der Waals surface area (Å²) in [6.07, 6.45) is 6.79. The van der Waals surface area contributed by atoms with E-state index in [4.69, 9.17) is 0 Å². The monoisotopic (exact) mass is 588 g/mol. The van der Waals surface area contributed by atoms with Crippen LogP contribution in [0.1, 0.15) is 17.7 Å². The number of benzene rings is 7.